The highest BCUT2D eigenvalue weighted by Gasteiger charge is 2.60. The summed E-state index contributed by atoms with van der Waals surface area (Å²) in [6.07, 6.45) is 3.10. The topological polar surface area (TPSA) is 9.23 Å². The zero-order chi connectivity index (χ0) is 18.9. The second-order valence-corrected chi connectivity index (χ2v) is 7.98. The maximum absolute atomic E-state index is 15.4. The molecule has 2 atom stereocenters. The lowest BCUT2D eigenvalue weighted by Gasteiger charge is -2.31. The second kappa shape index (κ2) is 7.40. The third-order valence-corrected chi connectivity index (χ3v) is 6.32. The zero-order valence-electron chi connectivity index (χ0n) is 15.6. The van der Waals surface area contributed by atoms with E-state index in [9.17, 15) is 8.78 Å². The molecule has 0 amide bonds. The van der Waals surface area contributed by atoms with Gasteiger partial charge in [0.15, 0.2) is 11.6 Å². The first kappa shape index (κ1) is 19.5. The van der Waals surface area contributed by atoms with Crippen molar-refractivity contribution in [3.8, 4) is 5.75 Å². The molecule has 0 aliphatic heterocycles. The molecule has 2 aliphatic rings. The minimum atomic E-state index is -1.83. The third kappa shape index (κ3) is 3.34. The molecule has 1 nitrogen and oxygen atoms in total. The second-order valence-electron chi connectivity index (χ2n) is 7.98. The Morgan fingerprint density at radius 3 is 2.15 bits per heavy atom. The van der Waals surface area contributed by atoms with E-state index in [1.54, 1.807) is 6.92 Å². The average Bonchev–Trinajstić information content (AvgIpc) is 2.77. The Balaban J connectivity index is 1.80. The smallest absolute Gasteiger partial charge is 0.200 e. The van der Waals surface area contributed by atoms with Crippen LogP contribution in [0, 0.1) is 17.6 Å². The number of hydrogen-bond acceptors (Lipinski definition) is 1. The highest BCUT2D eigenvalue weighted by atomic mass is 19.2. The molecule has 2 unspecified atom stereocenters. The van der Waals surface area contributed by atoms with Crippen LogP contribution in [-0.2, 0) is 0 Å². The van der Waals surface area contributed by atoms with Crippen LogP contribution in [0.5, 0.6) is 5.75 Å². The Bertz CT molecular complexity index is 627. The van der Waals surface area contributed by atoms with Crippen LogP contribution in [-0.4, -0.2) is 17.9 Å². The van der Waals surface area contributed by atoms with Gasteiger partial charge >= 0.3 is 0 Å². The molecule has 0 N–H and O–H groups in total. The molecule has 146 valence electrons. The van der Waals surface area contributed by atoms with Crippen molar-refractivity contribution in [1.82, 2.24) is 0 Å². The van der Waals surface area contributed by atoms with E-state index in [1.165, 1.54) is 12.1 Å². The first-order chi connectivity index (χ1) is 12.3. The molecule has 0 aromatic heterocycles. The summed E-state index contributed by atoms with van der Waals surface area (Å²) < 4.78 is 64.6. The van der Waals surface area contributed by atoms with Crippen molar-refractivity contribution >= 4 is 0 Å². The van der Waals surface area contributed by atoms with E-state index in [2.05, 4.69) is 0 Å². The standard InChI is InChI=1S/C21H28F4O/c1-3-5-14-12-20(24)10-8-15(9-11-21(20,25)13-14)16-6-7-17(26-4-2)19(23)18(16)22/h6-7,14-15H,3-5,8-13H2,1-2H3. The van der Waals surface area contributed by atoms with Gasteiger partial charge in [0.25, 0.3) is 0 Å². The minimum absolute atomic E-state index is 0.0721. The van der Waals surface area contributed by atoms with Crippen molar-refractivity contribution in [2.75, 3.05) is 6.61 Å². The van der Waals surface area contributed by atoms with E-state index in [-0.39, 0.29) is 55.4 Å². The molecule has 0 radical (unpaired) electrons. The normalized spacial score (nSPS) is 34.4. The lowest BCUT2D eigenvalue weighted by molar-refractivity contribution is -0.0198. The molecule has 0 saturated heterocycles. The first-order valence-electron chi connectivity index (χ1n) is 9.82. The quantitative estimate of drug-likeness (QED) is 0.526. The van der Waals surface area contributed by atoms with Gasteiger partial charge in [0, 0.05) is 0 Å². The first-order valence-corrected chi connectivity index (χ1v) is 9.82. The fourth-order valence-corrected chi connectivity index (χ4v) is 5.01. The van der Waals surface area contributed by atoms with Gasteiger partial charge in [-0.25, -0.2) is 13.2 Å². The van der Waals surface area contributed by atoms with Crippen LogP contribution < -0.4 is 4.74 Å². The summed E-state index contributed by atoms with van der Waals surface area (Å²) in [5, 5.41) is 0. The molecule has 5 heteroatoms. The number of rotatable bonds is 5. The fourth-order valence-electron chi connectivity index (χ4n) is 5.01. The van der Waals surface area contributed by atoms with Crippen molar-refractivity contribution in [2.45, 2.75) is 82.5 Å². The molecule has 0 heterocycles. The Morgan fingerprint density at radius 2 is 1.62 bits per heavy atom. The third-order valence-electron chi connectivity index (χ3n) is 6.32. The van der Waals surface area contributed by atoms with Gasteiger partial charge in [0.2, 0.25) is 5.82 Å². The molecule has 1 aromatic carbocycles. The Labute approximate surface area is 153 Å². The summed E-state index contributed by atoms with van der Waals surface area (Å²) in [6.45, 7) is 3.97. The molecule has 1 aromatic rings. The lowest BCUT2D eigenvalue weighted by atomic mass is 9.85. The maximum atomic E-state index is 15.4. The molecule has 0 bridgehead atoms. The minimum Gasteiger partial charge on any atom is -0.491 e. The maximum Gasteiger partial charge on any atom is 0.200 e. The SMILES string of the molecule is CCCC1CC2(F)CCC(c3ccc(OCC)c(F)c3F)CCC2(F)C1. The van der Waals surface area contributed by atoms with E-state index in [0.29, 0.717) is 12.8 Å². The molecule has 2 fully saturated rings. The van der Waals surface area contributed by atoms with Crippen molar-refractivity contribution in [1.29, 1.82) is 0 Å². The number of hydrogen-bond donors (Lipinski definition) is 0. The predicted octanol–water partition coefficient (Wildman–Crippen LogP) is 6.65. The van der Waals surface area contributed by atoms with Gasteiger partial charge in [-0.2, -0.15) is 4.39 Å². The molecule has 0 spiro atoms. The van der Waals surface area contributed by atoms with Crippen molar-refractivity contribution in [3.05, 3.63) is 29.3 Å². The van der Waals surface area contributed by atoms with Crippen LogP contribution in [0.1, 0.15) is 76.7 Å². The molecule has 2 saturated carbocycles. The number of fused-ring (bicyclic) bond motifs is 1. The zero-order valence-corrected chi connectivity index (χ0v) is 15.6. The predicted molar refractivity (Wildman–Crippen MR) is 94.0 cm³/mol. The van der Waals surface area contributed by atoms with Gasteiger partial charge < -0.3 is 4.74 Å². The van der Waals surface area contributed by atoms with Gasteiger partial charge in [0.1, 0.15) is 11.3 Å². The molecular formula is C21H28F4O. The van der Waals surface area contributed by atoms with E-state index >= 15 is 8.78 Å². The Hall–Kier alpha value is -1.26. The highest BCUT2D eigenvalue weighted by molar-refractivity contribution is 5.33. The van der Waals surface area contributed by atoms with Crippen LogP contribution in [0.4, 0.5) is 17.6 Å². The fraction of sp³-hybridized carbons (Fsp3) is 0.714. The number of alkyl halides is 2. The Morgan fingerprint density at radius 1 is 1.00 bits per heavy atom. The monoisotopic (exact) mass is 372 g/mol. The summed E-state index contributed by atoms with van der Waals surface area (Å²) in [5.74, 6) is -2.35. The molecule has 3 rings (SSSR count). The van der Waals surface area contributed by atoms with Gasteiger partial charge in [-0.15, -0.1) is 0 Å². The van der Waals surface area contributed by atoms with E-state index < -0.39 is 23.0 Å². The van der Waals surface area contributed by atoms with E-state index in [1.807, 2.05) is 6.92 Å². The van der Waals surface area contributed by atoms with E-state index in [0.717, 1.165) is 12.8 Å². The summed E-state index contributed by atoms with van der Waals surface area (Å²) >= 11 is 0. The van der Waals surface area contributed by atoms with Crippen LogP contribution >= 0.6 is 0 Å². The van der Waals surface area contributed by atoms with Crippen LogP contribution in [0.2, 0.25) is 0 Å². The van der Waals surface area contributed by atoms with Gasteiger partial charge in [-0.3, -0.25) is 0 Å². The number of halogens is 4. The van der Waals surface area contributed by atoms with E-state index in [4.69, 9.17) is 4.74 Å². The summed E-state index contributed by atoms with van der Waals surface area (Å²) in [7, 11) is 0. The summed E-state index contributed by atoms with van der Waals surface area (Å²) in [6, 6.07) is 2.92. The van der Waals surface area contributed by atoms with Crippen molar-refractivity contribution < 1.29 is 22.3 Å². The number of benzene rings is 1. The molecular weight excluding hydrogens is 344 g/mol. The van der Waals surface area contributed by atoms with Crippen molar-refractivity contribution in [2.24, 2.45) is 5.92 Å². The van der Waals surface area contributed by atoms with Gasteiger partial charge in [-0.1, -0.05) is 25.8 Å². The van der Waals surface area contributed by atoms with Crippen LogP contribution in [0.3, 0.4) is 0 Å². The average molecular weight is 372 g/mol. The van der Waals surface area contributed by atoms with Crippen LogP contribution in [0.25, 0.3) is 0 Å². The summed E-state index contributed by atoms with van der Waals surface area (Å²) in [4.78, 5) is 0. The largest absolute Gasteiger partial charge is 0.491 e. The molecule has 2 aliphatic carbocycles. The van der Waals surface area contributed by atoms with Gasteiger partial charge in [-0.05, 0) is 68.9 Å². The molecule has 26 heavy (non-hydrogen) atoms. The van der Waals surface area contributed by atoms with Gasteiger partial charge in [0.05, 0.1) is 6.61 Å². The van der Waals surface area contributed by atoms with Crippen LogP contribution in [0.15, 0.2) is 12.1 Å². The lowest BCUT2D eigenvalue weighted by Crippen LogP contribution is -2.41. The highest BCUT2D eigenvalue weighted by Crippen LogP contribution is 2.57. The summed E-state index contributed by atoms with van der Waals surface area (Å²) in [5.41, 5.74) is -3.45. The van der Waals surface area contributed by atoms with Crippen molar-refractivity contribution in [3.63, 3.8) is 0 Å². The number of ether oxygens (including phenoxy) is 1. The Kier molecular flexibility index (Phi) is 5.55.